The molecular formula is C19H20N2O4. The van der Waals surface area contributed by atoms with Gasteiger partial charge in [-0.05, 0) is 11.0 Å². The molecular weight excluding hydrogens is 320 g/mol. The van der Waals surface area contributed by atoms with E-state index in [1.807, 2.05) is 51.1 Å². The Morgan fingerprint density at radius 3 is 1.88 bits per heavy atom. The molecule has 0 aromatic heterocycles. The van der Waals surface area contributed by atoms with Crippen LogP contribution in [0.2, 0.25) is 0 Å². The van der Waals surface area contributed by atoms with Gasteiger partial charge in [-0.2, -0.15) is 0 Å². The van der Waals surface area contributed by atoms with Gasteiger partial charge in [-0.15, -0.1) is 0 Å². The second-order valence-corrected chi connectivity index (χ2v) is 6.71. The largest absolute Gasteiger partial charge is 0.289 e. The summed E-state index contributed by atoms with van der Waals surface area (Å²) in [6, 6.07) is 9.44. The van der Waals surface area contributed by atoms with Crippen molar-refractivity contribution in [2.75, 3.05) is 0 Å². The van der Waals surface area contributed by atoms with Crippen LogP contribution in [-0.4, -0.2) is 28.5 Å². The summed E-state index contributed by atoms with van der Waals surface area (Å²) in [7, 11) is 0. The van der Waals surface area contributed by atoms with Crippen molar-refractivity contribution in [3.63, 3.8) is 0 Å². The van der Waals surface area contributed by atoms with Crippen LogP contribution >= 0.6 is 0 Å². The minimum atomic E-state index is -0.306. The average molecular weight is 340 g/mol. The van der Waals surface area contributed by atoms with Crippen molar-refractivity contribution in [3.05, 3.63) is 59.7 Å². The fraction of sp³-hybridized carbons (Fsp3) is 0.263. The minimum Gasteiger partial charge on any atom is -0.289 e. The quantitative estimate of drug-likeness (QED) is 0.831. The molecule has 2 aliphatic rings. The molecule has 0 radical (unpaired) electrons. The van der Waals surface area contributed by atoms with Crippen LogP contribution in [0.4, 0.5) is 0 Å². The zero-order valence-corrected chi connectivity index (χ0v) is 14.4. The molecule has 6 nitrogen and oxygen atoms in total. The van der Waals surface area contributed by atoms with Crippen LogP contribution in [0.3, 0.4) is 0 Å². The first-order valence-corrected chi connectivity index (χ1v) is 7.83. The molecule has 3 rings (SSSR count). The monoisotopic (exact) mass is 340 g/mol. The third-order valence-electron chi connectivity index (χ3n) is 3.65. The lowest BCUT2D eigenvalue weighted by molar-refractivity contribution is -0.137. The molecule has 0 bridgehead atoms. The molecule has 0 fully saturated rings. The molecule has 4 amide bonds. The Morgan fingerprint density at radius 1 is 0.920 bits per heavy atom. The van der Waals surface area contributed by atoms with Crippen molar-refractivity contribution in [1.82, 2.24) is 10.2 Å². The minimum absolute atomic E-state index is 0.237. The maximum Gasteiger partial charge on any atom is 0.254 e. The van der Waals surface area contributed by atoms with Crippen molar-refractivity contribution in [3.8, 4) is 0 Å². The van der Waals surface area contributed by atoms with E-state index < -0.39 is 0 Å². The third kappa shape index (κ3) is 4.73. The lowest BCUT2D eigenvalue weighted by Gasteiger charge is -2.17. The zero-order valence-electron chi connectivity index (χ0n) is 14.4. The summed E-state index contributed by atoms with van der Waals surface area (Å²) < 4.78 is 0. The summed E-state index contributed by atoms with van der Waals surface area (Å²) in [5, 5.41) is 2.20. The van der Waals surface area contributed by atoms with E-state index >= 15 is 0 Å². The Bertz CT molecular complexity index is 752. The van der Waals surface area contributed by atoms with E-state index in [2.05, 4.69) is 5.32 Å². The Morgan fingerprint density at radius 2 is 1.48 bits per heavy atom. The van der Waals surface area contributed by atoms with E-state index in [0.29, 0.717) is 12.1 Å². The van der Waals surface area contributed by atoms with Crippen LogP contribution in [-0.2, 0) is 25.7 Å². The molecule has 2 aliphatic heterocycles. The SMILES string of the molecule is CC(C)(C)C1=CC(=O)NC1=O.O=C1C=CC(=O)N1Cc1ccccc1. The molecule has 6 heteroatoms. The molecule has 130 valence electrons. The lowest BCUT2D eigenvalue weighted by atomic mass is 9.87. The second-order valence-electron chi connectivity index (χ2n) is 6.71. The normalized spacial score (nSPS) is 16.6. The first-order chi connectivity index (χ1) is 11.7. The summed E-state index contributed by atoms with van der Waals surface area (Å²) in [6.07, 6.45) is 3.96. The van der Waals surface area contributed by atoms with E-state index in [0.717, 1.165) is 5.56 Å². The number of nitrogens with zero attached hydrogens (tertiary/aromatic N) is 1. The standard InChI is InChI=1S/C11H9NO2.C8H11NO2/c13-10-6-7-11(14)12(10)8-9-4-2-1-3-5-9;1-8(2,3)5-4-6(10)9-7(5)11/h1-7H,8H2;4H,1-3H3,(H,9,10,11). The highest BCUT2D eigenvalue weighted by Gasteiger charge is 2.30. The van der Waals surface area contributed by atoms with Crippen molar-refractivity contribution in [2.45, 2.75) is 27.3 Å². The molecule has 25 heavy (non-hydrogen) atoms. The molecule has 1 aromatic carbocycles. The summed E-state index contributed by atoms with van der Waals surface area (Å²) >= 11 is 0. The third-order valence-corrected chi connectivity index (χ3v) is 3.65. The number of carbonyl (C=O) groups excluding carboxylic acids is 4. The molecule has 0 saturated heterocycles. The Balaban J connectivity index is 0.000000186. The number of imide groups is 2. The maximum absolute atomic E-state index is 11.2. The molecule has 1 aromatic rings. The van der Waals surface area contributed by atoms with E-state index in [1.165, 1.54) is 23.1 Å². The number of benzene rings is 1. The predicted octanol–water partition coefficient (Wildman–Crippen LogP) is 1.73. The molecule has 0 spiro atoms. The van der Waals surface area contributed by atoms with Crippen LogP contribution in [0.15, 0.2) is 54.1 Å². The van der Waals surface area contributed by atoms with Gasteiger partial charge in [0.1, 0.15) is 0 Å². The summed E-state index contributed by atoms with van der Waals surface area (Å²) in [6.45, 7) is 6.05. The summed E-state index contributed by atoms with van der Waals surface area (Å²) in [4.78, 5) is 45.4. The van der Waals surface area contributed by atoms with Crippen LogP contribution in [0.5, 0.6) is 0 Å². The van der Waals surface area contributed by atoms with Gasteiger partial charge in [-0.25, -0.2) is 0 Å². The second kappa shape index (κ2) is 7.25. The Kier molecular flexibility index (Phi) is 5.32. The van der Waals surface area contributed by atoms with E-state index in [4.69, 9.17) is 0 Å². The van der Waals surface area contributed by atoms with Crippen LogP contribution in [0, 0.1) is 5.41 Å². The molecule has 0 unspecified atom stereocenters. The van der Waals surface area contributed by atoms with E-state index in [-0.39, 0.29) is 29.0 Å². The van der Waals surface area contributed by atoms with Crippen LogP contribution < -0.4 is 5.32 Å². The fourth-order valence-corrected chi connectivity index (χ4v) is 2.32. The highest BCUT2D eigenvalue weighted by Crippen LogP contribution is 2.26. The first-order valence-electron chi connectivity index (χ1n) is 7.83. The van der Waals surface area contributed by atoms with Crippen molar-refractivity contribution < 1.29 is 19.2 Å². The topological polar surface area (TPSA) is 83.5 Å². The van der Waals surface area contributed by atoms with Crippen molar-refractivity contribution in [2.24, 2.45) is 5.41 Å². The van der Waals surface area contributed by atoms with Gasteiger partial charge in [0.25, 0.3) is 23.6 Å². The Labute approximate surface area is 146 Å². The Hall–Kier alpha value is -3.02. The fourth-order valence-electron chi connectivity index (χ4n) is 2.32. The number of hydrogen-bond acceptors (Lipinski definition) is 4. The number of carbonyl (C=O) groups is 4. The van der Waals surface area contributed by atoms with Crippen molar-refractivity contribution >= 4 is 23.6 Å². The lowest BCUT2D eigenvalue weighted by Crippen LogP contribution is -2.29. The summed E-state index contributed by atoms with van der Waals surface area (Å²) in [5.41, 5.74) is 1.27. The highest BCUT2D eigenvalue weighted by atomic mass is 16.2. The van der Waals surface area contributed by atoms with Crippen LogP contribution in [0.1, 0.15) is 26.3 Å². The molecule has 1 N–H and O–H groups in total. The van der Waals surface area contributed by atoms with E-state index in [1.54, 1.807) is 0 Å². The van der Waals surface area contributed by atoms with Gasteiger partial charge in [0, 0.05) is 23.8 Å². The zero-order chi connectivity index (χ0) is 18.6. The average Bonchev–Trinajstić information content (AvgIpc) is 3.04. The van der Waals surface area contributed by atoms with Gasteiger partial charge < -0.3 is 0 Å². The van der Waals surface area contributed by atoms with Gasteiger partial charge in [-0.1, -0.05) is 51.1 Å². The van der Waals surface area contributed by atoms with Gasteiger partial charge in [0.15, 0.2) is 0 Å². The molecule has 0 atom stereocenters. The smallest absolute Gasteiger partial charge is 0.254 e. The van der Waals surface area contributed by atoms with Crippen molar-refractivity contribution in [1.29, 1.82) is 0 Å². The summed E-state index contributed by atoms with van der Waals surface area (Å²) in [5.74, 6) is -1.04. The van der Waals surface area contributed by atoms with Gasteiger partial charge in [0.05, 0.1) is 6.54 Å². The number of hydrogen-bond donors (Lipinski definition) is 1. The van der Waals surface area contributed by atoms with E-state index in [9.17, 15) is 19.2 Å². The molecule has 0 saturated carbocycles. The number of amides is 4. The number of nitrogens with one attached hydrogen (secondary N) is 1. The van der Waals surface area contributed by atoms with Gasteiger partial charge in [-0.3, -0.25) is 29.4 Å². The molecule has 0 aliphatic carbocycles. The highest BCUT2D eigenvalue weighted by molar-refractivity contribution is 6.16. The molecule has 2 heterocycles. The predicted molar refractivity (Wildman–Crippen MR) is 91.8 cm³/mol. The first kappa shape index (κ1) is 18.3. The van der Waals surface area contributed by atoms with Crippen LogP contribution in [0.25, 0.3) is 0 Å². The maximum atomic E-state index is 11.2. The number of rotatable bonds is 2. The van der Waals surface area contributed by atoms with Gasteiger partial charge >= 0.3 is 0 Å². The van der Waals surface area contributed by atoms with Gasteiger partial charge in [0.2, 0.25) is 0 Å².